The third kappa shape index (κ3) is 5.15. The Balaban J connectivity index is 1.24. The second-order valence-corrected chi connectivity index (χ2v) is 14.2. The van der Waals surface area contributed by atoms with Crippen molar-refractivity contribution in [3.05, 3.63) is 206 Å². The average molecular weight is 715 g/mol. The molecule has 56 heavy (non-hydrogen) atoms. The molecule has 0 N–H and O–H groups in total. The molecule has 0 unspecified atom stereocenters. The zero-order chi connectivity index (χ0) is 37.0. The summed E-state index contributed by atoms with van der Waals surface area (Å²) in [7, 11) is 0. The normalized spacial score (nSPS) is 11.6. The molecule has 0 aliphatic carbocycles. The number of fused-ring (bicyclic) bond motifs is 7. The van der Waals surface area contributed by atoms with Crippen molar-refractivity contribution in [2.24, 2.45) is 0 Å². The van der Waals surface area contributed by atoms with E-state index in [1.165, 1.54) is 27.5 Å². The first-order chi connectivity index (χ1) is 27.8. The molecule has 11 rings (SSSR count). The van der Waals surface area contributed by atoms with Crippen LogP contribution in [-0.2, 0) is 0 Å². The third-order valence-electron chi connectivity index (χ3n) is 10.9. The van der Waals surface area contributed by atoms with Gasteiger partial charge in [0.15, 0.2) is 0 Å². The first kappa shape index (κ1) is 31.9. The molecular weight excluding hydrogens is 681 g/mol. The molecule has 0 saturated carbocycles. The zero-order valence-electron chi connectivity index (χ0n) is 30.4. The summed E-state index contributed by atoms with van der Waals surface area (Å²) in [4.78, 5) is 10.7. The molecule has 11 aromatic rings. The Hall–Kier alpha value is -7.56. The van der Waals surface area contributed by atoms with Gasteiger partial charge in [-0.05, 0) is 52.6 Å². The van der Waals surface area contributed by atoms with E-state index in [-0.39, 0.29) is 0 Å². The number of aromatic nitrogens is 4. The van der Waals surface area contributed by atoms with Crippen LogP contribution < -0.4 is 0 Å². The highest BCUT2D eigenvalue weighted by atomic mass is 15.2. The molecule has 0 amide bonds. The van der Waals surface area contributed by atoms with Crippen molar-refractivity contribution in [3.63, 3.8) is 0 Å². The predicted octanol–water partition coefficient (Wildman–Crippen LogP) is 13.3. The SMILES string of the molecule is c1ccc(-c2cc(-c3ccccc3)nc(-n3c4ccccc4c4ccc5c6ccccc6n(-c6cccc(-c7ccccc7-c7ccccc7)c6)c5c43)n2)cc1. The second-order valence-electron chi connectivity index (χ2n) is 14.2. The fourth-order valence-electron chi connectivity index (χ4n) is 8.44. The van der Waals surface area contributed by atoms with Gasteiger partial charge in [0.25, 0.3) is 0 Å². The second kappa shape index (κ2) is 13.1. The van der Waals surface area contributed by atoms with Gasteiger partial charge >= 0.3 is 0 Å². The molecule has 0 spiro atoms. The largest absolute Gasteiger partial charge is 0.307 e. The maximum absolute atomic E-state index is 5.37. The van der Waals surface area contributed by atoms with E-state index in [1.54, 1.807) is 0 Å². The van der Waals surface area contributed by atoms with Crippen LogP contribution >= 0.6 is 0 Å². The molecule has 0 saturated heterocycles. The van der Waals surface area contributed by atoms with Crippen LogP contribution in [0.4, 0.5) is 0 Å². The van der Waals surface area contributed by atoms with Crippen LogP contribution in [0.25, 0.3) is 100 Å². The quantitative estimate of drug-likeness (QED) is 0.172. The minimum Gasteiger partial charge on any atom is -0.307 e. The van der Waals surface area contributed by atoms with Gasteiger partial charge in [-0.3, -0.25) is 4.57 Å². The molecule has 0 aliphatic rings. The zero-order valence-corrected chi connectivity index (χ0v) is 30.4. The molecule has 8 aromatic carbocycles. The highest BCUT2D eigenvalue weighted by Crippen LogP contribution is 2.42. The van der Waals surface area contributed by atoms with Gasteiger partial charge in [0.05, 0.1) is 33.5 Å². The van der Waals surface area contributed by atoms with Gasteiger partial charge in [-0.1, -0.05) is 176 Å². The molecule has 4 nitrogen and oxygen atoms in total. The lowest BCUT2D eigenvalue weighted by molar-refractivity contribution is 0.995. The van der Waals surface area contributed by atoms with E-state index >= 15 is 0 Å². The van der Waals surface area contributed by atoms with Crippen molar-refractivity contribution < 1.29 is 0 Å². The molecule has 262 valence electrons. The Kier molecular flexibility index (Phi) is 7.46. The summed E-state index contributed by atoms with van der Waals surface area (Å²) < 4.78 is 4.73. The molecule has 0 atom stereocenters. The maximum atomic E-state index is 5.37. The van der Waals surface area contributed by atoms with Crippen molar-refractivity contribution in [3.8, 4) is 56.4 Å². The molecule has 0 fully saturated rings. The Morgan fingerprint density at radius 3 is 1.34 bits per heavy atom. The van der Waals surface area contributed by atoms with Gasteiger partial charge < -0.3 is 4.57 Å². The fourth-order valence-corrected chi connectivity index (χ4v) is 8.44. The summed E-state index contributed by atoms with van der Waals surface area (Å²) in [5.74, 6) is 0.631. The van der Waals surface area contributed by atoms with Gasteiger partial charge in [0.2, 0.25) is 5.95 Å². The van der Waals surface area contributed by atoms with Crippen LogP contribution in [0, 0.1) is 0 Å². The summed E-state index contributed by atoms with van der Waals surface area (Å²) in [6, 6.07) is 73.2. The van der Waals surface area contributed by atoms with Crippen LogP contribution in [0.15, 0.2) is 206 Å². The van der Waals surface area contributed by atoms with E-state index in [4.69, 9.17) is 9.97 Å². The number of nitrogens with zero attached hydrogens (tertiary/aromatic N) is 4. The van der Waals surface area contributed by atoms with Crippen molar-refractivity contribution in [2.75, 3.05) is 0 Å². The molecule has 3 heterocycles. The predicted molar refractivity (Wildman–Crippen MR) is 232 cm³/mol. The number of hydrogen-bond acceptors (Lipinski definition) is 2. The molecule has 0 bridgehead atoms. The minimum atomic E-state index is 0.631. The first-order valence-electron chi connectivity index (χ1n) is 19.0. The number of benzene rings is 8. The summed E-state index contributed by atoms with van der Waals surface area (Å²) in [5, 5.41) is 4.68. The highest BCUT2D eigenvalue weighted by molar-refractivity contribution is 6.23. The molecule has 0 aliphatic heterocycles. The Morgan fingerprint density at radius 2 is 0.750 bits per heavy atom. The van der Waals surface area contributed by atoms with E-state index in [0.717, 1.165) is 66.6 Å². The van der Waals surface area contributed by atoms with Crippen molar-refractivity contribution >= 4 is 43.6 Å². The Labute approximate surface area is 324 Å². The van der Waals surface area contributed by atoms with Gasteiger partial charge in [0.1, 0.15) is 0 Å². The third-order valence-corrected chi connectivity index (χ3v) is 10.9. The van der Waals surface area contributed by atoms with Crippen molar-refractivity contribution in [2.45, 2.75) is 0 Å². The van der Waals surface area contributed by atoms with Crippen LogP contribution in [0.1, 0.15) is 0 Å². The van der Waals surface area contributed by atoms with Gasteiger partial charge in [0, 0.05) is 38.4 Å². The fraction of sp³-hybridized carbons (Fsp3) is 0. The highest BCUT2D eigenvalue weighted by Gasteiger charge is 2.23. The van der Waals surface area contributed by atoms with Crippen LogP contribution in [0.2, 0.25) is 0 Å². The minimum absolute atomic E-state index is 0.631. The van der Waals surface area contributed by atoms with Gasteiger partial charge in [-0.2, -0.15) is 0 Å². The van der Waals surface area contributed by atoms with E-state index < -0.39 is 0 Å². The van der Waals surface area contributed by atoms with E-state index in [1.807, 2.05) is 12.1 Å². The summed E-state index contributed by atoms with van der Waals surface area (Å²) >= 11 is 0. The Bertz CT molecular complexity index is 3170. The van der Waals surface area contributed by atoms with Crippen LogP contribution in [0.3, 0.4) is 0 Å². The molecule has 0 radical (unpaired) electrons. The van der Waals surface area contributed by atoms with Crippen LogP contribution in [0.5, 0.6) is 0 Å². The van der Waals surface area contributed by atoms with Crippen molar-refractivity contribution in [1.82, 2.24) is 19.1 Å². The Morgan fingerprint density at radius 1 is 0.304 bits per heavy atom. The lowest BCUT2D eigenvalue weighted by atomic mass is 9.94. The van der Waals surface area contributed by atoms with Gasteiger partial charge in [-0.15, -0.1) is 0 Å². The maximum Gasteiger partial charge on any atom is 0.235 e. The number of para-hydroxylation sites is 2. The van der Waals surface area contributed by atoms with E-state index in [9.17, 15) is 0 Å². The molecular formula is C52H34N4. The number of rotatable bonds is 6. The average Bonchev–Trinajstić information content (AvgIpc) is 3.80. The topological polar surface area (TPSA) is 35.6 Å². The standard InChI is InChI=1S/C52H34N4/c1-4-17-35(18-5-1)40-25-10-11-26-41(40)38-23-16-24-39(33-38)55-48-29-14-12-27-42(48)44-31-32-45-43-28-13-15-30-49(43)56(51(45)50(44)55)52-53-46(36-19-6-2-7-20-36)34-47(54-52)37-21-8-3-9-22-37/h1-34H. The van der Waals surface area contributed by atoms with Crippen LogP contribution in [-0.4, -0.2) is 19.1 Å². The molecule has 4 heteroatoms. The molecule has 3 aromatic heterocycles. The summed E-state index contributed by atoms with van der Waals surface area (Å²) in [6.45, 7) is 0. The monoisotopic (exact) mass is 714 g/mol. The summed E-state index contributed by atoms with van der Waals surface area (Å²) in [5.41, 5.74) is 14.1. The number of hydrogen-bond donors (Lipinski definition) is 0. The smallest absolute Gasteiger partial charge is 0.235 e. The lowest BCUT2D eigenvalue weighted by Gasteiger charge is -2.15. The first-order valence-corrected chi connectivity index (χ1v) is 19.0. The van der Waals surface area contributed by atoms with E-state index in [2.05, 4.69) is 203 Å². The van der Waals surface area contributed by atoms with Crippen molar-refractivity contribution in [1.29, 1.82) is 0 Å². The van der Waals surface area contributed by atoms with E-state index in [0.29, 0.717) is 5.95 Å². The lowest BCUT2D eigenvalue weighted by Crippen LogP contribution is -2.05. The van der Waals surface area contributed by atoms with Gasteiger partial charge in [-0.25, -0.2) is 9.97 Å². The summed E-state index contributed by atoms with van der Waals surface area (Å²) in [6.07, 6.45) is 0.